The molecular weight excluding hydrogens is 382 g/mol. The van der Waals surface area contributed by atoms with Crippen LogP contribution in [0.2, 0.25) is 0 Å². The molecular formula is C23H23N3O4. The van der Waals surface area contributed by atoms with E-state index in [0.29, 0.717) is 23.3 Å². The number of aromatic amines is 1. The lowest BCUT2D eigenvalue weighted by Gasteiger charge is -2.31. The summed E-state index contributed by atoms with van der Waals surface area (Å²) in [4.78, 5) is 46.0. The molecule has 0 radical (unpaired) electrons. The highest BCUT2D eigenvalue weighted by Crippen LogP contribution is 2.27. The molecule has 0 fully saturated rings. The maximum atomic E-state index is 12.9. The van der Waals surface area contributed by atoms with Crippen LogP contribution in [0.5, 0.6) is 0 Å². The van der Waals surface area contributed by atoms with Crippen molar-refractivity contribution in [3.05, 3.63) is 70.3 Å². The Hall–Kier alpha value is -3.48. The van der Waals surface area contributed by atoms with E-state index in [1.807, 2.05) is 24.3 Å². The third-order valence-corrected chi connectivity index (χ3v) is 5.26. The Labute approximate surface area is 173 Å². The first-order valence-electron chi connectivity index (χ1n) is 10.1. The topological polar surface area (TPSA) is 92.4 Å². The maximum Gasteiger partial charge on any atom is 0.307 e. The quantitative estimate of drug-likeness (QED) is 0.659. The zero-order valence-electron chi connectivity index (χ0n) is 16.8. The summed E-state index contributed by atoms with van der Waals surface area (Å²) in [6.07, 6.45) is 1.18. The number of esters is 1. The Balaban J connectivity index is 1.37. The fourth-order valence-corrected chi connectivity index (χ4v) is 3.76. The van der Waals surface area contributed by atoms with Crippen LogP contribution in [0, 0.1) is 0 Å². The molecule has 0 spiro atoms. The number of aromatic nitrogens is 2. The van der Waals surface area contributed by atoms with Gasteiger partial charge in [-0.05, 0) is 43.5 Å². The van der Waals surface area contributed by atoms with E-state index in [1.54, 1.807) is 36.1 Å². The van der Waals surface area contributed by atoms with E-state index < -0.39 is 12.1 Å². The standard InChI is InChI=1S/C23H23N3O4/c1-15(23(29)26-14-6-8-16-7-2-5-11-19(16)26)30-21(27)13-12-20-24-18-10-4-3-9-17(18)22(28)25-20/h2-5,7,9-11,15H,6,8,12-14H2,1H3,(H,24,25,28). The van der Waals surface area contributed by atoms with Gasteiger partial charge in [0, 0.05) is 18.7 Å². The average molecular weight is 405 g/mol. The average Bonchev–Trinajstić information content (AvgIpc) is 2.77. The third kappa shape index (κ3) is 4.10. The summed E-state index contributed by atoms with van der Waals surface area (Å²) in [7, 11) is 0. The van der Waals surface area contributed by atoms with Crippen molar-refractivity contribution in [3.8, 4) is 0 Å². The summed E-state index contributed by atoms with van der Waals surface area (Å²) in [5, 5.41) is 0.504. The van der Waals surface area contributed by atoms with Crippen molar-refractivity contribution in [3.63, 3.8) is 0 Å². The van der Waals surface area contributed by atoms with Crippen LogP contribution in [0.15, 0.2) is 53.3 Å². The summed E-state index contributed by atoms with van der Waals surface area (Å²) in [5.41, 5.74) is 2.35. The molecule has 7 nitrogen and oxygen atoms in total. The molecule has 4 rings (SSSR count). The van der Waals surface area contributed by atoms with Gasteiger partial charge < -0.3 is 14.6 Å². The number of para-hydroxylation sites is 2. The number of benzene rings is 2. The van der Waals surface area contributed by atoms with Crippen LogP contribution in [0.1, 0.15) is 31.2 Å². The van der Waals surface area contributed by atoms with Crippen LogP contribution in [-0.2, 0) is 27.2 Å². The molecule has 0 saturated carbocycles. The summed E-state index contributed by atoms with van der Waals surface area (Å²) in [5.74, 6) is -0.315. The lowest BCUT2D eigenvalue weighted by molar-refractivity contribution is -0.153. The smallest absolute Gasteiger partial charge is 0.307 e. The molecule has 0 aliphatic carbocycles. The predicted molar refractivity (Wildman–Crippen MR) is 113 cm³/mol. The molecule has 3 aromatic rings. The highest BCUT2D eigenvalue weighted by atomic mass is 16.5. The normalized spacial score (nSPS) is 14.2. The molecule has 1 atom stereocenters. The van der Waals surface area contributed by atoms with Crippen LogP contribution < -0.4 is 10.5 Å². The van der Waals surface area contributed by atoms with Crippen molar-refractivity contribution in [2.45, 2.75) is 38.7 Å². The van der Waals surface area contributed by atoms with Gasteiger partial charge in [-0.25, -0.2) is 4.98 Å². The van der Waals surface area contributed by atoms with Gasteiger partial charge in [0.05, 0.1) is 17.3 Å². The number of nitrogens with zero attached hydrogens (tertiary/aromatic N) is 2. The maximum absolute atomic E-state index is 12.9. The minimum atomic E-state index is -0.882. The van der Waals surface area contributed by atoms with E-state index in [0.717, 1.165) is 24.1 Å². The second kappa shape index (κ2) is 8.49. The number of hydrogen-bond acceptors (Lipinski definition) is 5. The summed E-state index contributed by atoms with van der Waals surface area (Å²) in [6, 6.07) is 14.8. The first kappa shape index (κ1) is 19.8. The molecule has 30 heavy (non-hydrogen) atoms. The number of amides is 1. The molecule has 0 bridgehead atoms. The van der Waals surface area contributed by atoms with Crippen LogP contribution in [-0.4, -0.2) is 34.5 Å². The number of nitrogens with one attached hydrogen (secondary N) is 1. The van der Waals surface area contributed by atoms with Gasteiger partial charge >= 0.3 is 5.97 Å². The van der Waals surface area contributed by atoms with E-state index in [4.69, 9.17) is 4.74 Å². The highest BCUT2D eigenvalue weighted by molar-refractivity contribution is 5.98. The molecule has 1 unspecified atom stereocenters. The van der Waals surface area contributed by atoms with E-state index >= 15 is 0 Å². The Morgan fingerprint density at radius 1 is 1.17 bits per heavy atom. The van der Waals surface area contributed by atoms with Crippen molar-refractivity contribution < 1.29 is 14.3 Å². The van der Waals surface area contributed by atoms with Gasteiger partial charge in [0.2, 0.25) is 0 Å². The molecule has 0 saturated heterocycles. The molecule has 7 heteroatoms. The monoisotopic (exact) mass is 405 g/mol. The number of hydrogen-bond donors (Lipinski definition) is 1. The van der Waals surface area contributed by atoms with Gasteiger partial charge in [-0.1, -0.05) is 30.3 Å². The second-order valence-corrected chi connectivity index (χ2v) is 7.38. The van der Waals surface area contributed by atoms with Crippen LogP contribution in [0.3, 0.4) is 0 Å². The van der Waals surface area contributed by atoms with Crippen LogP contribution in [0.4, 0.5) is 5.69 Å². The Morgan fingerprint density at radius 3 is 2.80 bits per heavy atom. The third-order valence-electron chi connectivity index (χ3n) is 5.26. The van der Waals surface area contributed by atoms with Gasteiger partial charge in [0.1, 0.15) is 5.82 Å². The van der Waals surface area contributed by atoms with Crippen molar-refractivity contribution in [1.82, 2.24) is 9.97 Å². The van der Waals surface area contributed by atoms with Crippen molar-refractivity contribution in [2.24, 2.45) is 0 Å². The number of anilines is 1. The minimum Gasteiger partial charge on any atom is -0.453 e. The number of carbonyl (C=O) groups is 2. The molecule has 1 amide bonds. The number of carbonyl (C=O) groups excluding carboxylic acids is 2. The number of H-pyrrole nitrogens is 1. The van der Waals surface area contributed by atoms with Gasteiger partial charge in [-0.3, -0.25) is 14.4 Å². The molecule has 154 valence electrons. The van der Waals surface area contributed by atoms with E-state index in [2.05, 4.69) is 9.97 Å². The lowest BCUT2D eigenvalue weighted by Crippen LogP contribution is -2.42. The van der Waals surface area contributed by atoms with Gasteiger partial charge in [-0.15, -0.1) is 0 Å². The molecule has 2 aromatic carbocycles. The summed E-state index contributed by atoms with van der Waals surface area (Å²) < 4.78 is 5.37. The number of fused-ring (bicyclic) bond motifs is 2. The van der Waals surface area contributed by atoms with Crippen molar-refractivity contribution >= 4 is 28.5 Å². The minimum absolute atomic E-state index is 0.0233. The molecule has 1 aliphatic heterocycles. The molecule has 1 aliphatic rings. The van der Waals surface area contributed by atoms with E-state index in [-0.39, 0.29) is 24.3 Å². The number of aryl methyl sites for hydroxylation is 2. The first-order chi connectivity index (χ1) is 14.5. The van der Waals surface area contributed by atoms with Crippen LogP contribution >= 0.6 is 0 Å². The number of ether oxygens (including phenoxy) is 1. The lowest BCUT2D eigenvalue weighted by atomic mass is 10.0. The Bertz CT molecular complexity index is 1150. The van der Waals surface area contributed by atoms with Gasteiger partial charge in [-0.2, -0.15) is 0 Å². The SMILES string of the molecule is CC(OC(=O)CCc1nc2ccccc2c(=O)[nH]1)C(=O)N1CCCc2ccccc21. The molecule has 1 N–H and O–H groups in total. The fourth-order valence-electron chi connectivity index (χ4n) is 3.76. The zero-order chi connectivity index (χ0) is 21.1. The van der Waals surface area contributed by atoms with Gasteiger partial charge in [0.15, 0.2) is 6.10 Å². The molecule has 1 aromatic heterocycles. The van der Waals surface area contributed by atoms with Crippen molar-refractivity contribution in [1.29, 1.82) is 0 Å². The Kier molecular flexibility index (Phi) is 5.61. The zero-order valence-corrected chi connectivity index (χ0v) is 16.8. The van der Waals surface area contributed by atoms with E-state index in [9.17, 15) is 14.4 Å². The summed E-state index contributed by atoms with van der Waals surface area (Å²) in [6.45, 7) is 2.20. The molecule has 2 heterocycles. The highest BCUT2D eigenvalue weighted by Gasteiger charge is 2.28. The Morgan fingerprint density at radius 2 is 1.93 bits per heavy atom. The van der Waals surface area contributed by atoms with Crippen LogP contribution in [0.25, 0.3) is 10.9 Å². The fraction of sp³-hybridized carbons (Fsp3) is 0.304. The second-order valence-electron chi connectivity index (χ2n) is 7.38. The number of rotatable bonds is 5. The predicted octanol–water partition coefficient (Wildman–Crippen LogP) is 2.77. The van der Waals surface area contributed by atoms with E-state index in [1.165, 1.54) is 0 Å². The van der Waals surface area contributed by atoms with Gasteiger partial charge in [0.25, 0.3) is 11.5 Å². The van der Waals surface area contributed by atoms with Crippen molar-refractivity contribution in [2.75, 3.05) is 11.4 Å². The first-order valence-corrected chi connectivity index (χ1v) is 10.1. The summed E-state index contributed by atoms with van der Waals surface area (Å²) >= 11 is 0. The largest absolute Gasteiger partial charge is 0.453 e.